The van der Waals surface area contributed by atoms with Crippen molar-refractivity contribution < 1.29 is 9.18 Å². The van der Waals surface area contributed by atoms with E-state index in [2.05, 4.69) is 10.3 Å². The summed E-state index contributed by atoms with van der Waals surface area (Å²) in [5.74, 6) is -1.03. The van der Waals surface area contributed by atoms with Gasteiger partial charge in [-0.05, 0) is 12.2 Å². The molecular formula is C9H7FN2O. The number of hydrogen-bond donors (Lipinski definition) is 1. The van der Waals surface area contributed by atoms with Gasteiger partial charge in [0.15, 0.2) is 0 Å². The van der Waals surface area contributed by atoms with E-state index in [0.717, 1.165) is 0 Å². The minimum Gasteiger partial charge on any atom is -0.316 e. The van der Waals surface area contributed by atoms with E-state index < -0.39 is 5.92 Å². The van der Waals surface area contributed by atoms with Crippen molar-refractivity contribution in [3.05, 3.63) is 35.8 Å². The number of fused-ring (bicyclic) bond motifs is 1. The van der Waals surface area contributed by atoms with Crippen LogP contribution in [0.4, 0.5) is 4.39 Å². The number of amides is 1. The second-order valence-corrected chi connectivity index (χ2v) is 2.75. The molecule has 2 aliphatic rings. The number of nitrogens with one attached hydrogen (secondary N) is 1. The molecule has 1 atom stereocenters. The molecule has 0 bridgehead atoms. The van der Waals surface area contributed by atoms with Crippen molar-refractivity contribution >= 4 is 12.2 Å². The summed E-state index contributed by atoms with van der Waals surface area (Å²) >= 11 is 0. The van der Waals surface area contributed by atoms with Crippen LogP contribution in [0.25, 0.3) is 0 Å². The third-order valence-corrected chi connectivity index (χ3v) is 1.87. The van der Waals surface area contributed by atoms with Crippen molar-refractivity contribution in [1.82, 2.24) is 5.32 Å². The standard InChI is InChI=1S/C9H7FN2O/c10-6-2-1-3-7-8(4-6)11-5-12-9(7)13/h1-5,7H,(H,11,12,13). The largest absolute Gasteiger partial charge is 0.316 e. The summed E-state index contributed by atoms with van der Waals surface area (Å²) in [6.07, 6.45) is 6.97. The maximum atomic E-state index is 12.9. The molecule has 0 spiro atoms. The number of rotatable bonds is 0. The van der Waals surface area contributed by atoms with Gasteiger partial charge < -0.3 is 5.32 Å². The Labute approximate surface area is 74.4 Å². The zero-order valence-electron chi connectivity index (χ0n) is 6.70. The SMILES string of the molecule is O=C1NC=NC2=CC(F)=CC=CC12. The summed E-state index contributed by atoms with van der Waals surface area (Å²) < 4.78 is 12.9. The van der Waals surface area contributed by atoms with Crippen LogP contribution in [0.1, 0.15) is 0 Å². The van der Waals surface area contributed by atoms with Crippen molar-refractivity contribution in [2.75, 3.05) is 0 Å². The molecule has 0 aromatic carbocycles. The Bertz CT molecular complexity index is 366. The fourth-order valence-electron chi connectivity index (χ4n) is 1.24. The first-order valence-corrected chi connectivity index (χ1v) is 3.86. The van der Waals surface area contributed by atoms with Crippen LogP contribution in [0.3, 0.4) is 0 Å². The average molecular weight is 178 g/mol. The van der Waals surface area contributed by atoms with E-state index in [1.807, 2.05) is 0 Å². The molecular weight excluding hydrogens is 171 g/mol. The molecule has 1 N–H and O–H groups in total. The first-order chi connectivity index (χ1) is 6.27. The Hall–Kier alpha value is -1.71. The highest BCUT2D eigenvalue weighted by molar-refractivity contribution is 5.95. The molecule has 66 valence electrons. The van der Waals surface area contributed by atoms with E-state index in [0.29, 0.717) is 5.70 Å². The van der Waals surface area contributed by atoms with Crippen LogP contribution in [-0.2, 0) is 4.79 Å². The molecule has 3 nitrogen and oxygen atoms in total. The molecule has 1 aliphatic heterocycles. The summed E-state index contributed by atoms with van der Waals surface area (Å²) in [5.41, 5.74) is 0.436. The quantitative estimate of drug-likeness (QED) is 0.592. The van der Waals surface area contributed by atoms with Crippen LogP contribution >= 0.6 is 0 Å². The third kappa shape index (κ3) is 1.42. The lowest BCUT2D eigenvalue weighted by atomic mass is 10.0. The number of nitrogens with zero attached hydrogens (tertiary/aromatic N) is 1. The van der Waals surface area contributed by atoms with Gasteiger partial charge in [0.1, 0.15) is 5.83 Å². The van der Waals surface area contributed by atoms with Crippen LogP contribution in [0, 0.1) is 5.92 Å². The molecule has 4 heteroatoms. The van der Waals surface area contributed by atoms with Gasteiger partial charge in [-0.3, -0.25) is 4.79 Å². The molecule has 0 saturated heterocycles. The van der Waals surface area contributed by atoms with E-state index in [9.17, 15) is 9.18 Å². The number of halogens is 1. The van der Waals surface area contributed by atoms with E-state index in [-0.39, 0.29) is 11.7 Å². The van der Waals surface area contributed by atoms with Crippen molar-refractivity contribution in [1.29, 1.82) is 0 Å². The predicted molar refractivity (Wildman–Crippen MR) is 46.5 cm³/mol. The maximum absolute atomic E-state index is 12.9. The van der Waals surface area contributed by atoms with Crippen LogP contribution in [-0.4, -0.2) is 12.2 Å². The number of allylic oxidation sites excluding steroid dienone is 4. The smallest absolute Gasteiger partial charge is 0.238 e. The van der Waals surface area contributed by atoms with Gasteiger partial charge in [0.25, 0.3) is 0 Å². The summed E-state index contributed by atoms with van der Waals surface area (Å²) in [7, 11) is 0. The van der Waals surface area contributed by atoms with Gasteiger partial charge in [-0.25, -0.2) is 9.38 Å². The molecule has 1 aliphatic carbocycles. The molecule has 0 radical (unpaired) electrons. The molecule has 0 aromatic rings. The topological polar surface area (TPSA) is 41.5 Å². The lowest BCUT2D eigenvalue weighted by Gasteiger charge is -2.15. The van der Waals surface area contributed by atoms with Gasteiger partial charge in [0.05, 0.1) is 18.0 Å². The Morgan fingerprint density at radius 3 is 3.23 bits per heavy atom. The number of carbonyl (C=O) groups excluding carboxylic acids is 1. The lowest BCUT2D eigenvalue weighted by Crippen LogP contribution is -2.33. The van der Waals surface area contributed by atoms with Gasteiger partial charge in [0, 0.05) is 0 Å². The molecule has 1 unspecified atom stereocenters. The molecule has 0 fully saturated rings. The number of hydrogen-bond acceptors (Lipinski definition) is 2. The second kappa shape index (κ2) is 2.97. The molecule has 0 saturated carbocycles. The summed E-state index contributed by atoms with van der Waals surface area (Å²) in [6.45, 7) is 0. The monoisotopic (exact) mass is 178 g/mol. The van der Waals surface area contributed by atoms with E-state index >= 15 is 0 Å². The zero-order chi connectivity index (χ0) is 9.26. The third-order valence-electron chi connectivity index (χ3n) is 1.87. The van der Waals surface area contributed by atoms with Crippen LogP contribution < -0.4 is 5.32 Å². The summed E-state index contributed by atoms with van der Waals surface area (Å²) in [4.78, 5) is 15.1. The lowest BCUT2D eigenvalue weighted by molar-refractivity contribution is -0.121. The van der Waals surface area contributed by atoms with Gasteiger partial charge >= 0.3 is 0 Å². The summed E-state index contributed by atoms with van der Waals surface area (Å²) in [5, 5.41) is 2.46. The van der Waals surface area contributed by atoms with E-state index in [4.69, 9.17) is 0 Å². The van der Waals surface area contributed by atoms with Crippen LogP contribution in [0.5, 0.6) is 0 Å². The van der Waals surface area contributed by atoms with Gasteiger partial charge in [-0.1, -0.05) is 12.2 Å². The average Bonchev–Trinajstić information content (AvgIpc) is 2.27. The highest BCUT2D eigenvalue weighted by Crippen LogP contribution is 2.22. The Kier molecular flexibility index (Phi) is 1.81. The van der Waals surface area contributed by atoms with E-state index in [1.165, 1.54) is 24.6 Å². The first kappa shape index (κ1) is 7.91. The highest BCUT2D eigenvalue weighted by atomic mass is 19.1. The fourth-order valence-corrected chi connectivity index (χ4v) is 1.24. The molecule has 0 aromatic heterocycles. The normalized spacial score (nSPS) is 25.6. The maximum Gasteiger partial charge on any atom is 0.238 e. The van der Waals surface area contributed by atoms with Crippen molar-refractivity contribution in [3.8, 4) is 0 Å². The van der Waals surface area contributed by atoms with Crippen molar-refractivity contribution in [3.63, 3.8) is 0 Å². The predicted octanol–water partition coefficient (Wildman–Crippen LogP) is 1.07. The molecule has 13 heavy (non-hydrogen) atoms. The molecule has 2 rings (SSSR count). The Morgan fingerprint density at radius 1 is 1.54 bits per heavy atom. The minimum atomic E-state index is -0.463. The first-order valence-electron chi connectivity index (χ1n) is 3.86. The van der Waals surface area contributed by atoms with Crippen molar-refractivity contribution in [2.24, 2.45) is 10.9 Å². The van der Waals surface area contributed by atoms with E-state index in [1.54, 1.807) is 6.08 Å². The van der Waals surface area contributed by atoms with Crippen LogP contribution in [0.2, 0.25) is 0 Å². The van der Waals surface area contributed by atoms with Gasteiger partial charge in [-0.15, -0.1) is 0 Å². The van der Waals surface area contributed by atoms with Gasteiger partial charge in [0.2, 0.25) is 5.91 Å². The van der Waals surface area contributed by atoms with Gasteiger partial charge in [-0.2, -0.15) is 0 Å². The summed E-state index contributed by atoms with van der Waals surface area (Å²) in [6, 6.07) is 0. The minimum absolute atomic E-state index is 0.180. The fraction of sp³-hybridized carbons (Fsp3) is 0.111. The molecule has 1 amide bonds. The highest BCUT2D eigenvalue weighted by Gasteiger charge is 2.23. The van der Waals surface area contributed by atoms with Crippen LogP contribution in [0.15, 0.2) is 40.8 Å². The Morgan fingerprint density at radius 2 is 2.38 bits per heavy atom. The van der Waals surface area contributed by atoms with Crippen molar-refractivity contribution in [2.45, 2.75) is 0 Å². The zero-order valence-corrected chi connectivity index (χ0v) is 6.70. The number of aliphatic imine (C=N–C) groups is 1. The number of carbonyl (C=O) groups is 1. The Balaban J connectivity index is 2.44. The molecule has 1 heterocycles. The second-order valence-electron chi connectivity index (χ2n) is 2.75.